The Bertz CT molecular complexity index is 361. The molecule has 1 unspecified atom stereocenters. The molecule has 1 nitrogen and oxygen atoms in total. The first-order valence-electron chi connectivity index (χ1n) is 3.74. The van der Waals surface area contributed by atoms with Gasteiger partial charge in [0, 0.05) is 5.56 Å². The van der Waals surface area contributed by atoms with Crippen LogP contribution in [-0.4, -0.2) is 11.2 Å². The van der Waals surface area contributed by atoms with E-state index in [1.54, 1.807) is 25.1 Å². The normalized spacial score (nSPS) is 11.7. The summed E-state index contributed by atoms with van der Waals surface area (Å²) in [6, 6.07) is 5.10. The highest BCUT2D eigenvalue weighted by Crippen LogP contribution is 2.21. The van der Waals surface area contributed by atoms with Gasteiger partial charge in [-0.1, -0.05) is 35.0 Å². The second-order valence-corrected chi connectivity index (χ2v) is 3.39. The van der Waals surface area contributed by atoms with E-state index in [0.29, 0.717) is 10.0 Å². The summed E-state index contributed by atoms with van der Waals surface area (Å²) >= 11 is 11.5. The summed E-state index contributed by atoms with van der Waals surface area (Å²) in [7, 11) is 0. The van der Waals surface area contributed by atoms with Crippen molar-refractivity contribution in [2.45, 2.75) is 13.0 Å². The van der Waals surface area contributed by atoms with Crippen LogP contribution in [-0.2, 0) is 0 Å². The molecule has 0 aliphatic rings. The van der Waals surface area contributed by atoms with Gasteiger partial charge in [0.15, 0.2) is 0 Å². The third-order valence-corrected chi connectivity index (χ3v) is 2.08. The fraction of sp³-hybridized carbons (Fsp3) is 0.200. The van der Waals surface area contributed by atoms with Crippen molar-refractivity contribution >= 4 is 23.2 Å². The number of halogens is 2. The average Bonchev–Trinajstić information content (AvgIpc) is 2.07. The van der Waals surface area contributed by atoms with Crippen LogP contribution in [0.2, 0.25) is 10.0 Å². The third-order valence-electron chi connectivity index (χ3n) is 1.34. The molecule has 3 heteroatoms. The molecule has 0 aliphatic carbocycles. The third kappa shape index (κ3) is 3.28. The highest BCUT2D eigenvalue weighted by Gasteiger charge is 1.96. The summed E-state index contributed by atoms with van der Waals surface area (Å²) < 4.78 is 0. The lowest BCUT2D eigenvalue weighted by molar-refractivity contribution is 0.253. The second-order valence-electron chi connectivity index (χ2n) is 2.57. The number of aliphatic hydroxyl groups excluding tert-OH is 1. The number of hydrogen-bond acceptors (Lipinski definition) is 1. The average molecular weight is 215 g/mol. The van der Waals surface area contributed by atoms with Crippen molar-refractivity contribution in [1.29, 1.82) is 0 Å². The highest BCUT2D eigenvalue weighted by atomic mass is 35.5. The van der Waals surface area contributed by atoms with Crippen molar-refractivity contribution in [3.63, 3.8) is 0 Å². The molecule has 1 rings (SSSR count). The van der Waals surface area contributed by atoms with Gasteiger partial charge in [0.25, 0.3) is 0 Å². The molecule has 1 N–H and O–H groups in total. The van der Waals surface area contributed by atoms with Crippen molar-refractivity contribution in [2.24, 2.45) is 0 Å². The molecule has 0 saturated heterocycles. The molecule has 0 saturated carbocycles. The molecule has 0 aliphatic heterocycles. The fourth-order valence-corrected chi connectivity index (χ4v) is 1.06. The zero-order valence-electron chi connectivity index (χ0n) is 7.01. The Morgan fingerprint density at radius 2 is 2.00 bits per heavy atom. The summed E-state index contributed by atoms with van der Waals surface area (Å²) in [6.45, 7) is 1.60. The molecule has 0 aromatic heterocycles. The van der Waals surface area contributed by atoms with Crippen LogP contribution in [0.1, 0.15) is 12.5 Å². The molecular weight excluding hydrogens is 207 g/mol. The van der Waals surface area contributed by atoms with E-state index in [1.807, 2.05) is 0 Å². The van der Waals surface area contributed by atoms with E-state index in [1.165, 1.54) is 0 Å². The van der Waals surface area contributed by atoms with E-state index >= 15 is 0 Å². The minimum Gasteiger partial charge on any atom is -0.381 e. The Kier molecular flexibility index (Phi) is 3.62. The number of hydrogen-bond donors (Lipinski definition) is 1. The van der Waals surface area contributed by atoms with Crippen molar-refractivity contribution in [3.8, 4) is 11.8 Å². The lowest BCUT2D eigenvalue weighted by Gasteiger charge is -1.95. The van der Waals surface area contributed by atoms with Gasteiger partial charge >= 0.3 is 0 Å². The molecule has 0 radical (unpaired) electrons. The molecule has 0 amide bonds. The summed E-state index contributed by atoms with van der Waals surface area (Å²) in [4.78, 5) is 0. The molecule has 0 heterocycles. The smallest absolute Gasteiger partial charge is 0.112 e. The number of benzene rings is 1. The van der Waals surface area contributed by atoms with Crippen LogP contribution in [0.25, 0.3) is 0 Å². The van der Waals surface area contributed by atoms with E-state index in [0.717, 1.165) is 5.56 Å². The molecule has 13 heavy (non-hydrogen) atoms. The van der Waals surface area contributed by atoms with E-state index in [4.69, 9.17) is 28.3 Å². The molecule has 1 atom stereocenters. The van der Waals surface area contributed by atoms with Crippen LogP contribution in [0.3, 0.4) is 0 Å². The lowest BCUT2D eigenvalue weighted by atomic mass is 10.2. The molecule has 0 spiro atoms. The molecule has 0 bridgehead atoms. The van der Waals surface area contributed by atoms with E-state index < -0.39 is 6.10 Å². The maximum Gasteiger partial charge on any atom is 0.112 e. The van der Waals surface area contributed by atoms with E-state index in [9.17, 15) is 0 Å². The zero-order valence-corrected chi connectivity index (χ0v) is 8.52. The summed E-state index contributed by atoms with van der Waals surface area (Å²) in [6.07, 6.45) is -0.630. The van der Waals surface area contributed by atoms with Gasteiger partial charge in [0.05, 0.1) is 10.0 Å². The highest BCUT2D eigenvalue weighted by molar-refractivity contribution is 6.42. The van der Waals surface area contributed by atoms with Crippen molar-refractivity contribution in [3.05, 3.63) is 33.8 Å². The Balaban J connectivity index is 2.94. The van der Waals surface area contributed by atoms with E-state index in [2.05, 4.69) is 11.8 Å². The van der Waals surface area contributed by atoms with Gasteiger partial charge in [-0.3, -0.25) is 0 Å². The first-order chi connectivity index (χ1) is 6.09. The maximum atomic E-state index is 8.90. The predicted molar refractivity (Wildman–Crippen MR) is 55.0 cm³/mol. The summed E-state index contributed by atoms with van der Waals surface area (Å²) in [5.41, 5.74) is 0.746. The zero-order chi connectivity index (χ0) is 9.84. The van der Waals surface area contributed by atoms with Gasteiger partial charge in [-0.15, -0.1) is 0 Å². The minimum atomic E-state index is -0.630. The van der Waals surface area contributed by atoms with Gasteiger partial charge in [0.2, 0.25) is 0 Å². The van der Waals surface area contributed by atoms with Crippen molar-refractivity contribution in [2.75, 3.05) is 0 Å². The van der Waals surface area contributed by atoms with E-state index in [-0.39, 0.29) is 0 Å². The van der Waals surface area contributed by atoms with Gasteiger partial charge in [-0.25, -0.2) is 0 Å². The molecule has 68 valence electrons. The standard InChI is InChI=1S/C10H8Cl2O/c1-7(13)2-3-8-4-5-9(11)10(12)6-8/h4-7,13H,1H3. The van der Waals surface area contributed by atoms with Crippen LogP contribution in [0.5, 0.6) is 0 Å². The van der Waals surface area contributed by atoms with Gasteiger partial charge in [-0.2, -0.15) is 0 Å². The number of rotatable bonds is 0. The van der Waals surface area contributed by atoms with Gasteiger partial charge < -0.3 is 5.11 Å². The molecule has 1 aromatic rings. The molecular formula is C10H8Cl2O. The Morgan fingerprint density at radius 1 is 1.31 bits per heavy atom. The Morgan fingerprint density at radius 3 is 2.54 bits per heavy atom. The summed E-state index contributed by atoms with van der Waals surface area (Å²) in [5, 5.41) is 9.88. The second kappa shape index (κ2) is 4.53. The maximum absolute atomic E-state index is 8.90. The lowest BCUT2D eigenvalue weighted by Crippen LogP contribution is -1.92. The predicted octanol–water partition coefficient (Wildman–Crippen LogP) is 2.73. The number of aliphatic hydroxyl groups is 1. The van der Waals surface area contributed by atoms with Crippen molar-refractivity contribution < 1.29 is 5.11 Å². The van der Waals surface area contributed by atoms with Gasteiger partial charge in [-0.05, 0) is 25.1 Å². The van der Waals surface area contributed by atoms with Crippen LogP contribution >= 0.6 is 23.2 Å². The monoisotopic (exact) mass is 214 g/mol. The van der Waals surface area contributed by atoms with Crippen LogP contribution < -0.4 is 0 Å². The largest absolute Gasteiger partial charge is 0.381 e. The summed E-state index contributed by atoms with van der Waals surface area (Å²) in [5.74, 6) is 5.38. The Hall–Kier alpha value is -0.680. The van der Waals surface area contributed by atoms with Crippen LogP contribution in [0.4, 0.5) is 0 Å². The van der Waals surface area contributed by atoms with Crippen LogP contribution in [0, 0.1) is 11.8 Å². The molecule has 0 fully saturated rings. The van der Waals surface area contributed by atoms with Gasteiger partial charge in [0.1, 0.15) is 6.10 Å². The fourth-order valence-electron chi connectivity index (χ4n) is 0.762. The van der Waals surface area contributed by atoms with Crippen LogP contribution in [0.15, 0.2) is 18.2 Å². The SMILES string of the molecule is CC(O)C#Cc1ccc(Cl)c(Cl)c1. The minimum absolute atomic E-state index is 0.471. The first-order valence-corrected chi connectivity index (χ1v) is 4.50. The Labute approximate surface area is 87.3 Å². The quantitative estimate of drug-likeness (QED) is 0.659. The topological polar surface area (TPSA) is 20.2 Å². The molecule has 1 aromatic carbocycles. The van der Waals surface area contributed by atoms with Crippen molar-refractivity contribution in [1.82, 2.24) is 0 Å². The first kappa shape index (κ1) is 10.4.